The largest absolute Gasteiger partial charge is 0.417 e. The molecule has 198 valence electrons. The molecule has 5 N–H and O–H groups in total. The molecular weight excluding hydrogens is 500 g/mol. The molecule has 3 aromatic rings. The van der Waals surface area contributed by atoms with Gasteiger partial charge in [-0.05, 0) is 31.4 Å². The van der Waals surface area contributed by atoms with Gasteiger partial charge in [0.15, 0.2) is 5.69 Å². The van der Waals surface area contributed by atoms with Crippen molar-refractivity contribution in [1.29, 1.82) is 0 Å². The molecule has 1 saturated heterocycles. The number of ether oxygens (including phenoxy) is 1. The first kappa shape index (κ1) is 29.2. The number of halogens is 4. The summed E-state index contributed by atoms with van der Waals surface area (Å²) in [6.45, 7) is 5.77. The predicted molar refractivity (Wildman–Crippen MR) is 132 cm³/mol. The molecule has 13 heteroatoms. The molecule has 0 bridgehead atoms. The lowest BCUT2D eigenvalue weighted by molar-refractivity contribution is -0.137. The van der Waals surface area contributed by atoms with E-state index < -0.39 is 29.0 Å². The van der Waals surface area contributed by atoms with Gasteiger partial charge in [-0.15, -0.1) is 0 Å². The zero-order valence-electron chi connectivity index (χ0n) is 20.2. The number of carbonyl (C=O) groups excluding carboxylic acids is 1. The first-order valence-electron chi connectivity index (χ1n) is 11.3. The SMILES string of the molecule is CC.Cn1cc(NC(=O)c2nc(-c3c(F)cccc3C(F)(F)F)sc2N)cn1.NC1CCCOCC1. The first-order chi connectivity index (χ1) is 17.1. The third kappa shape index (κ3) is 8.00. The van der Waals surface area contributed by atoms with E-state index in [1.54, 1.807) is 7.05 Å². The monoisotopic (exact) mass is 530 g/mol. The third-order valence-corrected chi connectivity index (χ3v) is 5.76. The molecule has 2 aromatic heterocycles. The summed E-state index contributed by atoms with van der Waals surface area (Å²) in [4.78, 5) is 16.1. The summed E-state index contributed by atoms with van der Waals surface area (Å²) < 4.78 is 60.2. The van der Waals surface area contributed by atoms with Crippen molar-refractivity contribution in [3.05, 3.63) is 47.7 Å². The molecule has 1 aliphatic rings. The van der Waals surface area contributed by atoms with Crippen LogP contribution in [-0.2, 0) is 18.0 Å². The van der Waals surface area contributed by atoms with Crippen LogP contribution >= 0.6 is 11.3 Å². The number of amides is 1. The van der Waals surface area contributed by atoms with Crippen molar-refractivity contribution in [2.24, 2.45) is 12.8 Å². The summed E-state index contributed by atoms with van der Waals surface area (Å²) in [6, 6.07) is 2.98. The Morgan fingerprint density at radius 2 is 1.97 bits per heavy atom. The number of rotatable bonds is 3. The van der Waals surface area contributed by atoms with Gasteiger partial charge in [-0.3, -0.25) is 9.48 Å². The Balaban J connectivity index is 0.000000384. The lowest BCUT2D eigenvalue weighted by Crippen LogP contribution is -2.19. The molecule has 1 amide bonds. The van der Waals surface area contributed by atoms with Crippen LogP contribution in [0.5, 0.6) is 0 Å². The molecule has 4 rings (SSSR count). The zero-order valence-corrected chi connectivity index (χ0v) is 21.0. The Morgan fingerprint density at radius 1 is 1.25 bits per heavy atom. The molecule has 1 unspecified atom stereocenters. The second-order valence-electron chi connectivity index (χ2n) is 7.55. The van der Waals surface area contributed by atoms with Gasteiger partial charge in [0, 0.05) is 32.5 Å². The van der Waals surface area contributed by atoms with Crippen molar-refractivity contribution in [1.82, 2.24) is 14.8 Å². The van der Waals surface area contributed by atoms with E-state index in [0.717, 1.165) is 50.7 Å². The van der Waals surface area contributed by atoms with Crippen molar-refractivity contribution < 1.29 is 27.1 Å². The van der Waals surface area contributed by atoms with Crippen LogP contribution in [0, 0.1) is 5.82 Å². The number of aryl methyl sites for hydroxylation is 1. The van der Waals surface area contributed by atoms with Crippen molar-refractivity contribution in [3.8, 4) is 10.6 Å². The van der Waals surface area contributed by atoms with Crippen LogP contribution in [0.25, 0.3) is 10.6 Å². The Bertz CT molecular complexity index is 1120. The van der Waals surface area contributed by atoms with E-state index >= 15 is 0 Å². The maximum absolute atomic E-state index is 14.1. The minimum absolute atomic E-state index is 0.127. The van der Waals surface area contributed by atoms with Gasteiger partial charge in [-0.1, -0.05) is 31.3 Å². The number of anilines is 2. The fourth-order valence-electron chi connectivity index (χ4n) is 3.18. The quantitative estimate of drug-likeness (QED) is 0.406. The molecule has 0 saturated carbocycles. The van der Waals surface area contributed by atoms with Crippen LogP contribution in [0.1, 0.15) is 49.2 Å². The number of carbonyl (C=O) groups is 1. The fraction of sp³-hybridized carbons (Fsp3) is 0.435. The number of nitrogen functional groups attached to an aromatic ring is 1. The highest BCUT2D eigenvalue weighted by Crippen LogP contribution is 2.41. The normalized spacial score (nSPS) is 15.6. The number of nitrogens with one attached hydrogen (secondary N) is 1. The molecule has 1 aliphatic heterocycles. The summed E-state index contributed by atoms with van der Waals surface area (Å²) in [7, 11) is 1.64. The van der Waals surface area contributed by atoms with Crippen LogP contribution < -0.4 is 16.8 Å². The molecular formula is C23H30F4N6O2S. The summed E-state index contributed by atoms with van der Waals surface area (Å²) in [5.41, 5.74) is 9.51. The van der Waals surface area contributed by atoms with Gasteiger partial charge in [0.1, 0.15) is 15.8 Å². The van der Waals surface area contributed by atoms with Crippen molar-refractivity contribution >= 4 is 27.9 Å². The molecule has 1 fully saturated rings. The highest BCUT2D eigenvalue weighted by atomic mass is 32.1. The minimum atomic E-state index is -4.78. The summed E-state index contributed by atoms with van der Waals surface area (Å²) in [5, 5.41) is 5.88. The van der Waals surface area contributed by atoms with E-state index in [1.165, 1.54) is 17.1 Å². The van der Waals surface area contributed by atoms with Crippen LogP contribution in [-0.4, -0.2) is 39.9 Å². The molecule has 36 heavy (non-hydrogen) atoms. The molecule has 3 heterocycles. The van der Waals surface area contributed by atoms with Crippen LogP contribution in [0.3, 0.4) is 0 Å². The highest BCUT2D eigenvalue weighted by Gasteiger charge is 2.36. The molecule has 0 aliphatic carbocycles. The average molecular weight is 531 g/mol. The average Bonchev–Trinajstić information content (AvgIpc) is 3.32. The van der Waals surface area contributed by atoms with Crippen LogP contribution in [0.2, 0.25) is 0 Å². The topological polar surface area (TPSA) is 121 Å². The standard InChI is InChI=1S/C15H11F4N5OS.C6H13NO.C2H6/c1-24-6-7(5-21-24)22-13(25)11-12(20)26-14(23-11)10-8(15(17,18)19)3-2-4-9(10)16;7-6-2-1-4-8-5-3-6;1-2/h2-6H,20H2,1H3,(H,22,25);6H,1-5,7H2;1-2H3. The zero-order chi connectivity index (χ0) is 26.9. The number of benzene rings is 1. The Kier molecular flexibility index (Phi) is 10.8. The maximum atomic E-state index is 14.1. The van der Waals surface area contributed by atoms with E-state index in [9.17, 15) is 22.4 Å². The Morgan fingerprint density at radius 3 is 2.61 bits per heavy atom. The second-order valence-corrected chi connectivity index (χ2v) is 8.58. The lowest BCUT2D eigenvalue weighted by Gasteiger charge is -2.11. The van der Waals surface area contributed by atoms with Crippen LogP contribution in [0.15, 0.2) is 30.6 Å². The summed E-state index contributed by atoms with van der Waals surface area (Å²) >= 11 is 0.601. The molecule has 1 atom stereocenters. The third-order valence-electron chi connectivity index (χ3n) is 4.86. The smallest absolute Gasteiger partial charge is 0.389 e. The number of aromatic nitrogens is 3. The van der Waals surface area contributed by atoms with Gasteiger partial charge in [-0.25, -0.2) is 9.37 Å². The van der Waals surface area contributed by atoms with E-state index in [1.807, 2.05) is 13.8 Å². The minimum Gasteiger partial charge on any atom is -0.389 e. The summed E-state index contributed by atoms with van der Waals surface area (Å²) in [6.07, 6.45) is 1.43. The lowest BCUT2D eigenvalue weighted by atomic mass is 10.1. The van der Waals surface area contributed by atoms with Crippen LogP contribution in [0.4, 0.5) is 28.3 Å². The Labute approximate surface area is 210 Å². The van der Waals surface area contributed by atoms with Gasteiger partial charge in [0.2, 0.25) is 0 Å². The van der Waals surface area contributed by atoms with Gasteiger partial charge in [-0.2, -0.15) is 18.3 Å². The number of thiazole rings is 1. The van der Waals surface area contributed by atoms with Gasteiger partial charge >= 0.3 is 6.18 Å². The van der Waals surface area contributed by atoms with Gasteiger partial charge < -0.3 is 21.5 Å². The second kappa shape index (κ2) is 13.3. The van der Waals surface area contributed by atoms with E-state index in [-0.39, 0.29) is 15.7 Å². The molecule has 0 spiro atoms. The maximum Gasteiger partial charge on any atom is 0.417 e. The number of nitrogens with two attached hydrogens (primary N) is 2. The van der Waals surface area contributed by atoms with Crippen molar-refractivity contribution in [2.75, 3.05) is 24.3 Å². The van der Waals surface area contributed by atoms with Crippen molar-refractivity contribution in [2.45, 2.75) is 45.3 Å². The number of hydrogen-bond donors (Lipinski definition) is 3. The van der Waals surface area contributed by atoms with E-state index in [4.69, 9.17) is 16.2 Å². The fourth-order valence-corrected chi connectivity index (χ4v) is 4.07. The number of alkyl halides is 3. The molecule has 0 radical (unpaired) electrons. The molecule has 8 nitrogen and oxygen atoms in total. The summed E-state index contributed by atoms with van der Waals surface area (Å²) in [5.74, 6) is -1.84. The highest BCUT2D eigenvalue weighted by molar-refractivity contribution is 7.19. The van der Waals surface area contributed by atoms with Crippen molar-refractivity contribution in [3.63, 3.8) is 0 Å². The number of nitrogens with zero attached hydrogens (tertiary/aromatic N) is 3. The molecule has 1 aromatic carbocycles. The first-order valence-corrected chi connectivity index (χ1v) is 12.1. The van der Waals surface area contributed by atoms with E-state index in [2.05, 4.69) is 15.4 Å². The predicted octanol–water partition coefficient (Wildman–Crippen LogP) is 5.08. The number of hydrogen-bond acceptors (Lipinski definition) is 7. The van der Waals surface area contributed by atoms with Gasteiger partial charge in [0.05, 0.1) is 23.0 Å². The van der Waals surface area contributed by atoms with Gasteiger partial charge in [0.25, 0.3) is 5.91 Å². The Hall–Kier alpha value is -3.03. The van der Waals surface area contributed by atoms with E-state index in [0.29, 0.717) is 23.1 Å².